The number of carboxylic acid groups (broad SMARTS) is 1. The van der Waals surface area contributed by atoms with E-state index in [0.717, 1.165) is 36.9 Å². The van der Waals surface area contributed by atoms with Gasteiger partial charge in [0.25, 0.3) is 5.91 Å². The second-order valence-corrected chi connectivity index (χ2v) is 8.35. The molecule has 29 heavy (non-hydrogen) atoms. The summed E-state index contributed by atoms with van der Waals surface area (Å²) in [5.74, 6) is -0.490. The van der Waals surface area contributed by atoms with Crippen molar-refractivity contribution < 1.29 is 14.7 Å². The number of rotatable bonds is 4. The van der Waals surface area contributed by atoms with Gasteiger partial charge in [-0.1, -0.05) is 19.3 Å². The van der Waals surface area contributed by atoms with Crippen molar-refractivity contribution >= 4 is 11.9 Å². The largest absolute Gasteiger partial charge is 0.478 e. The molecule has 156 valence electrons. The van der Waals surface area contributed by atoms with E-state index in [-0.39, 0.29) is 17.5 Å². The van der Waals surface area contributed by atoms with Gasteiger partial charge in [-0.2, -0.15) is 10.2 Å². The summed E-state index contributed by atoms with van der Waals surface area (Å²) >= 11 is 0. The third-order valence-electron chi connectivity index (χ3n) is 6.45. The zero-order chi connectivity index (χ0) is 20.5. The van der Waals surface area contributed by atoms with E-state index < -0.39 is 5.97 Å². The molecule has 1 N–H and O–H groups in total. The number of hydrogen-bond donors (Lipinski definition) is 1. The number of nitrogens with zero attached hydrogens (tertiary/aromatic N) is 5. The van der Waals surface area contributed by atoms with Crippen LogP contribution in [0.5, 0.6) is 0 Å². The normalized spacial score (nSPS) is 18.9. The van der Waals surface area contributed by atoms with Crippen molar-refractivity contribution in [2.45, 2.75) is 63.8 Å². The lowest BCUT2D eigenvalue weighted by Gasteiger charge is -2.33. The molecule has 8 heteroatoms. The lowest BCUT2D eigenvalue weighted by Crippen LogP contribution is -2.39. The summed E-state index contributed by atoms with van der Waals surface area (Å²) in [5, 5.41) is 18.2. The molecule has 2 aromatic heterocycles. The van der Waals surface area contributed by atoms with Crippen LogP contribution in [0.4, 0.5) is 0 Å². The zero-order valence-corrected chi connectivity index (χ0v) is 17.2. The predicted octanol–water partition coefficient (Wildman–Crippen LogP) is 3.15. The summed E-state index contributed by atoms with van der Waals surface area (Å²) in [6.07, 6.45) is 10.8. The number of amides is 1. The Hall–Kier alpha value is -2.64. The molecule has 0 unspecified atom stereocenters. The zero-order valence-electron chi connectivity index (χ0n) is 17.2. The second-order valence-electron chi connectivity index (χ2n) is 8.35. The molecule has 1 saturated heterocycles. The van der Waals surface area contributed by atoms with Crippen molar-refractivity contribution in [1.82, 2.24) is 24.5 Å². The van der Waals surface area contributed by atoms with Crippen molar-refractivity contribution in [3.63, 3.8) is 0 Å². The highest BCUT2D eigenvalue weighted by molar-refractivity contribution is 5.95. The minimum absolute atomic E-state index is 0.0699. The van der Waals surface area contributed by atoms with Crippen LogP contribution < -0.4 is 0 Å². The number of piperidine rings is 1. The Balaban J connectivity index is 1.45. The number of aromatic carboxylic acids is 1. The molecule has 2 fully saturated rings. The van der Waals surface area contributed by atoms with E-state index in [9.17, 15) is 14.7 Å². The Morgan fingerprint density at radius 2 is 1.76 bits per heavy atom. The summed E-state index contributed by atoms with van der Waals surface area (Å²) in [7, 11) is 1.88. The van der Waals surface area contributed by atoms with Crippen LogP contribution in [0.3, 0.4) is 0 Å². The summed E-state index contributed by atoms with van der Waals surface area (Å²) in [5.41, 5.74) is 2.64. The van der Waals surface area contributed by atoms with E-state index in [2.05, 4.69) is 10.2 Å². The SMILES string of the molecule is Cc1c(C(=O)O)cnn1C1CCN(C(=O)c2cn(C)nc2C2CCCCC2)CC1. The predicted molar refractivity (Wildman–Crippen MR) is 107 cm³/mol. The van der Waals surface area contributed by atoms with E-state index in [1.165, 1.54) is 25.5 Å². The number of hydrogen-bond acceptors (Lipinski definition) is 4. The molecule has 2 aromatic rings. The molecule has 0 aromatic carbocycles. The molecule has 3 heterocycles. The van der Waals surface area contributed by atoms with Crippen molar-refractivity contribution in [3.05, 3.63) is 34.9 Å². The number of aryl methyl sites for hydroxylation is 1. The Bertz CT molecular complexity index is 902. The lowest BCUT2D eigenvalue weighted by molar-refractivity contribution is 0.0686. The van der Waals surface area contributed by atoms with Gasteiger partial charge in [-0.25, -0.2) is 4.79 Å². The van der Waals surface area contributed by atoms with Crippen LogP contribution >= 0.6 is 0 Å². The molecule has 8 nitrogen and oxygen atoms in total. The van der Waals surface area contributed by atoms with Gasteiger partial charge in [0, 0.05) is 32.3 Å². The number of carboxylic acids is 1. The fraction of sp³-hybridized carbons (Fsp3) is 0.619. The van der Waals surface area contributed by atoms with E-state index in [1.807, 2.05) is 22.8 Å². The molecule has 0 bridgehead atoms. The van der Waals surface area contributed by atoms with Gasteiger partial charge < -0.3 is 10.0 Å². The molecule has 1 amide bonds. The fourth-order valence-electron chi connectivity index (χ4n) is 4.83. The van der Waals surface area contributed by atoms with Crippen molar-refractivity contribution in [3.8, 4) is 0 Å². The number of carbonyl (C=O) groups is 2. The van der Waals surface area contributed by atoms with Crippen LogP contribution in [-0.4, -0.2) is 54.5 Å². The van der Waals surface area contributed by atoms with Gasteiger partial charge in [0.2, 0.25) is 0 Å². The first-order valence-electron chi connectivity index (χ1n) is 10.6. The van der Waals surface area contributed by atoms with Crippen molar-refractivity contribution in [1.29, 1.82) is 0 Å². The number of aromatic nitrogens is 4. The maximum absolute atomic E-state index is 13.3. The van der Waals surface area contributed by atoms with Crippen LogP contribution in [0.25, 0.3) is 0 Å². The van der Waals surface area contributed by atoms with Gasteiger partial charge in [-0.15, -0.1) is 0 Å². The lowest BCUT2D eigenvalue weighted by atomic mass is 9.85. The Kier molecular flexibility index (Phi) is 5.43. The average molecular weight is 399 g/mol. The minimum Gasteiger partial charge on any atom is -0.478 e. The van der Waals surface area contributed by atoms with Gasteiger partial charge in [-0.05, 0) is 32.6 Å². The van der Waals surface area contributed by atoms with E-state index in [1.54, 1.807) is 11.6 Å². The van der Waals surface area contributed by atoms with Crippen molar-refractivity contribution in [2.75, 3.05) is 13.1 Å². The number of carbonyl (C=O) groups excluding carboxylic acids is 1. The first kappa shape index (κ1) is 19.7. The molecule has 0 radical (unpaired) electrons. The summed E-state index contributed by atoms with van der Waals surface area (Å²) in [4.78, 5) is 26.4. The van der Waals surface area contributed by atoms with Gasteiger partial charge in [0.15, 0.2) is 0 Å². The molecule has 4 rings (SSSR count). The molecule has 1 saturated carbocycles. The third kappa shape index (κ3) is 3.80. The van der Waals surface area contributed by atoms with Crippen LogP contribution in [-0.2, 0) is 7.05 Å². The third-order valence-corrected chi connectivity index (χ3v) is 6.45. The molecule has 1 aliphatic carbocycles. The van der Waals surface area contributed by atoms with Crippen LogP contribution in [0.2, 0.25) is 0 Å². The topological polar surface area (TPSA) is 93.3 Å². The first-order valence-corrected chi connectivity index (χ1v) is 10.6. The Morgan fingerprint density at radius 3 is 2.38 bits per heavy atom. The highest BCUT2D eigenvalue weighted by atomic mass is 16.4. The molecule has 0 spiro atoms. The molecular formula is C21H29N5O3. The van der Waals surface area contributed by atoms with E-state index >= 15 is 0 Å². The Morgan fingerprint density at radius 1 is 1.07 bits per heavy atom. The van der Waals surface area contributed by atoms with Crippen LogP contribution in [0.1, 0.15) is 89.0 Å². The quantitative estimate of drug-likeness (QED) is 0.852. The highest BCUT2D eigenvalue weighted by Gasteiger charge is 2.31. The van der Waals surface area contributed by atoms with Crippen LogP contribution in [0.15, 0.2) is 12.4 Å². The summed E-state index contributed by atoms with van der Waals surface area (Å²) in [6, 6.07) is 0.124. The Labute approximate surface area is 170 Å². The van der Waals surface area contributed by atoms with Gasteiger partial charge >= 0.3 is 5.97 Å². The minimum atomic E-state index is -0.951. The van der Waals surface area contributed by atoms with Gasteiger partial charge in [0.05, 0.1) is 29.2 Å². The second kappa shape index (κ2) is 8.00. The van der Waals surface area contributed by atoms with Crippen molar-refractivity contribution in [2.24, 2.45) is 7.05 Å². The average Bonchev–Trinajstić information content (AvgIpc) is 3.31. The van der Waals surface area contributed by atoms with E-state index in [4.69, 9.17) is 0 Å². The molecule has 1 aliphatic heterocycles. The molecule has 0 atom stereocenters. The van der Waals surface area contributed by atoms with E-state index in [0.29, 0.717) is 24.7 Å². The fourth-order valence-corrected chi connectivity index (χ4v) is 4.83. The molecular weight excluding hydrogens is 370 g/mol. The monoisotopic (exact) mass is 399 g/mol. The smallest absolute Gasteiger partial charge is 0.339 e. The van der Waals surface area contributed by atoms with Crippen LogP contribution in [0, 0.1) is 6.92 Å². The first-order chi connectivity index (χ1) is 14.0. The highest BCUT2D eigenvalue weighted by Crippen LogP contribution is 2.34. The standard InChI is InChI=1S/C21H29N5O3/c1-14-17(21(28)29)12-22-26(14)16-8-10-25(11-9-16)20(27)18-13-24(2)23-19(18)15-6-4-3-5-7-15/h12-13,15-16H,3-11H2,1-2H3,(H,28,29). The number of likely N-dealkylation sites (tertiary alicyclic amines) is 1. The van der Waals surface area contributed by atoms with Gasteiger partial charge in [-0.3, -0.25) is 14.2 Å². The maximum atomic E-state index is 13.3. The maximum Gasteiger partial charge on any atom is 0.339 e. The summed E-state index contributed by atoms with van der Waals surface area (Å²) in [6.45, 7) is 3.08. The van der Waals surface area contributed by atoms with Gasteiger partial charge in [0.1, 0.15) is 5.56 Å². The molecule has 2 aliphatic rings. The summed E-state index contributed by atoms with van der Waals surface area (Å²) < 4.78 is 3.58.